The molecule has 1 aromatic carbocycles. The third-order valence-corrected chi connectivity index (χ3v) is 2.59. The van der Waals surface area contributed by atoms with Crippen LogP contribution in [0.25, 0.3) is 0 Å². The van der Waals surface area contributed by atoms with E-state index >= 15 is 0 Å². The molecule has 0 bridgehead atoms. The van der Waals surface area contributed by atoms with Crippen LogP contribution < -0.4 is 4.74 Å². The van der Waals surface area contributed by atoms with Gasteiger partial charge in [0.25, 0.3) is 0 Å². The summed E-state index contributed by atoms with van der Waals surface area (Å²) in [4.78, 5) is 0. The minimum atomic E-state index is 0.552. The van der Waals surface area contributed by atoms with Crippen molar-refractivity contribution in [2.75, 3.05) is 7.11 Å². The zero-order valence-electron chi connectivity index (χ0n) is 6.27. The predicted molar refractivity (Wildman–Crippen MR) is 58.1 cm³/mol. The SMILES string of the molecule is COc1c(I)cc(Br)cc1C#N. The summed E-state index contributed by atoms with van der Waals surface area (Å²) in [7, 11) is 1.56. The topological polar surface area (TPSA) is 33.0 Å². The maximum Gasteiger partial charge on any atom is 0.150 e. The smallest absolute Gasteiger partial charge is 0.150 e. The number of benzene rings is 1. The van der Waals surface area contributed by atoms with E-state index in [9.17, 15) is 0 Å². The zero-order chi connectivity index (χ0) is 9.14. The number of ether oxygens (including phenoxy) is 1. The summed E-state index contributed by atoms with van der Waals surface area (Å²) in [6.07, 6.45) is 0. The minimum absolute atomic E-state index is 0.552. The second-order valence-corrected chi connectivity index (χ2v) is 4.16. The molecular formula is C8H5BrINO. The highest BCUT2D eigenvalue weighted by Crippen LogP contribution is 2.28. The summed E-state index contributed by atoms with van der Waals surface area (Å²) in [6.45, 7) is 0. The molecule has 4 heteroatoms. The molecule has 0 atom stereocenters. The second-order valence-electron chi connectivity index (χ2n) is 2.08. The van der Waals surface area contributed by atoms with Crippen LogP contribution in [0, 0.1) is 14.9 Å². The molecule has 12 heavy (non-hydrogen) atoms. The molecule has 2 nitrogen and oxygen atoms in total. The van der Waals surface area contributed by atoms with Crippen LogP contribution in [0.5, 0.6) is 5.75 Å². The fourth-order valence-electron chi connectivity index (χ4n) is 0.851. The van der Waals surface area contributed by atoms with Gasteiger partial charge in [0.15, 0.2) is 0 Å². The summed E-state index contributed by atoms with van der Waals surface area (Å²) in [5, 5.41) is 8.74. The average Bonchev–Trinajstić information content (AvgIpc) is 2.03. The van der Waals surface area contributed by atoms with E-state index in [0.29, 0.717) is 11.3 Å². The van der Waals surface area contributed by atoms with Crippen molar-refractivity contribution in [2.45, 2.75) is 0 Å². The Morgan fingerprint density at radius 1 is 1.58 bits per heavy atom. The summed E-state index contributed by atoms with van der Waals surface area (Å²) >= 11 is 5.43. The van der Waals surface area contributed by atoms with Crippen LogP contribution in [0.1, 0.15) is 5.56 Å². The lowest BCUT2D eigenvalue weighted by Gasteiger charge is -2.05. The van der Waals surface area contributed by atoms with E-state index in [1.807, 2.05) is 6.07 Å². The van der Waals surface area contributed by atoms with Crippen molar-refractivity contribution in [2.24, 2.45) is 0 Å². The molecular weight excluding hydrogens is 333 g/mol. The third kappa shape index (κ3) is 1.90. The maximum atomic E-state index is 8.74. The van der Waals surface area contributed by atoms with E-state index in [-0.39, 0.29) is 0 Å². The average molecular weight is 338 g/mol. The molecule has 62 valence electrons. The van der Waals surface area contributed by atoms with E-state index in [1.165, 1.54) is 0 Å². The highest BCUT2D eigenvalue weighted by atomic mass is 127. The number of halogens is 2. The molecule has 0 saturated heterocycles. The quantitative estimate of drug-likeness (QED) is 0.738. The second kappa shape index (κ2) is 4.10. The van der Waals surface area contributed by atoms with Gasteiger partial charge >= 0.3 is 0 Å². The maximum absolute atomic E-state index is 8.74. The van der Waals surface area contributed by atoms with Crippen molar-refractivity contribution in [3.05, 3.63) is 25.7 Å². The summed E-state index contributed by atoms with van der Waals surface area (Å²) in [6, 6.07) is 5.71. The largest absolute Gasteiger partial charge is 0.494 e. The molecule has 1 rings (SSSR count). The van der Waals surface area contributed by atoms with Gasteiger partial charge in [-0.1, -0.05) is 15.9 Å². The van der Waals surface area contributed by atoms with Crippen molar-refractivity contribution in [1.29, 1.82) is 5.26 Å². The molecule has 0 unspecified atom stereocenters. The number of rotatable bonds is 1. The van der Waals surface area contributed by atoms with Gasteiger partial charge < -0.3 is 4.74 Å². The van der Waals surface area contributed by atoms with Crippen molar-refractivity contribution < 1.29 is 4.74 Å². The Hall–Kier alpha value is -0.280. The Morgan fingerprint density at radius 2 is 2.25 bits per heavy atom. The van der Waals surface area contributed by atoms with Gasteiger partial charge in [0.2, 0.25) is 0 Å². The lowest BCUT2D eigenvalue weighted by Crippen LogP contribution is -1.91. The van der Waals surface area contributed by atoms with Crippen molar-refractivity contribution in [3.8, 4) is 11.8 Å². The van der Waals surface area contributed by atoms with Crippen LogP contribution in [0.4, 0.5) is 0 Å². The van der Waals surface area contributed by atoms with E-state index < -0.39 is 0 Å². The molecule has 0 aliphatic heterocycles. The number of hydrogen-bond acceptors (Lipinski definition) is 2. The Labute approximate surface area is 92.8 Å². The van der Waals surface area contributed by atoms with Gasteiger partial charge in [0.05, 0.1) is 16.2 Å². The van der Waals surface area contributed by atoms with Crippen LogP contribution in [-0.2, 0) is 0 Å². The third-order valence-electron chi connectivity index (χ3n) is 1.33. The summed E-state index contributed by atoms with van der Waals surface area (Å²) < 4.78 is 6.90. The Balaban J connectivity index is 3.36. The van der Waals surface area contributed by atoms with Crippen LogP contribution in [0.2, 0.25) is 0 Å². The van der Waals surface area contributed by atoms with Crippen molar-refractivity contribution >= 4 is 38.5 Å². The van der Waals surface area contributed by atoms with Crippen molar-refractivity contribution in [3.63, 3.8) is 0 Å². The molecule has 0 aliphatic carbocycles. The lowest BCUT2D eigenvalue weighted by atomic mass is 10.2. The van der Waals surface area contributed by atoms with Gasteiger partial charge in [-0.25, -0.2) is 0 Å². The first-order valence-electron chi connectivity index (χ1n) is 3.12. The fourth-order valence-corrected chi connectivity index (χ4v) is 2.58. The van der Waals surface area contributed by atoms with Gasteiger partial charge in [-0.15, -0.1) is 0 Å². The first-order valence-corrected chi connectivity index (χ1v) is 4.99. The van der Waals surface area contributed by atoms with Crippen LogP contribution in [-0.4, -0.2) is 7.11 Å². The zero-order valence-corrected chi connectivity index (χ0v) is 10.0. The van der Waals surface area contributed by atoms with Crippen LogP contribution >= 0.6 is 38.5 Å². The van der Waals surface area contributed by atoms with Gasteiger partial charge in [-0.3, -0.25) is 0 Å². The molecule has 0 spiro atoms. The van der Waals surface area contributed by atoms with Crippen LogP contribution in [0.15, 0.2) is 16.6 Å². The van der Waals surface area contributed by atoms with Gasteiger partial charge in [-0.05, 0) is 34.7 Å². The number of methoxy groups -OCH3 is 1. The Morgan fingerprint density at radius 3 is 2.75 bits per heavy atom. The molecule has 0 fully saturated rings. The molecule has 0 aliphatic rings. The fraction of sp³-hybridized carbons (Fsp3) is 0.125. The molecule has 0 heterocycles. The highest BCUT2D eigenvalue weighted by molar-refractivity contribution is 14.1. The molecule has 0 radical (unpaired) electrons. The predicted octanol–water partition coefficient (Wildman–Crippen LogP) is 2.93. The van der Waals surface area contributed by atoms with Gasteiger partial charge in [0, 0.05) is 4.47 Å². The van der Waals surface area contributed by atoms with E-state index in [1.54, 1.807) is 13.2 Å². The standard InChI is InChI=1S/C8H5BrINO/c1-12-8-5(4-11)2-6(9)3-7(8)10/h2-3H,1H3. The first-order chi connectivity index (χ1) is 5.69. The summed E-state index contributed by atoms with van der Waals surface area (Å²) in [5.41, 5.74) is 0.552. The first kappa shape index (κ1) is 9.81. The molecule has 0 saturated carbocycles. The van der Waals surface area contributed by atoms with E-state index in [4.69, 9.17) is 10.00 Å². The Bertz CT molecular complexity index is 346. The van der Waals surface area contributed by atoms with E-state index in [0.717, 1.165) is 8.04 Å². The van der Waals surface area contributed by atoms with Crippen LogP contribution in [0.3, 0.4) is 0 Å². The normalized spacial score (nSPS) is 9.17. The Kier molecular flexibility index (Phi) is 3.35. The monoisotopic (exact) mass is 337 g/mol. The molecule has 1 aromatic rings. The van der Waals surface area contributed by atoms with Gasteiger partial charge in [-0.2, -0.15) is 5.26 Å². The molecule has 0 N–H and O–H groups in total. The minimum Gasteiger partial charge on any atom is -0.494 e. The van der Waals surface area contributed by atoms with Crippen molar-refractivity contribution in [1.82, 2.24) is 0 Å². The van der Waals surface area contributed by atoms with Gasteiger partial charge in [0.1, 0.15) is 11.8 Å². The number of hydrogen-bond donors (Lipinski definition) is 0. The highest BCUT2D eigenvalue weighted by Gasteiger charge is 2.07. The number of nitrogens with zero attached hydrogens (tertiary/aromatic N) is 1. The number of nitriles is 1. The summed E-state index contributed by atoms with van der Waals surface area (Å²) in [5.74, 6) is 0.640. The lowest BCUT2D eigenvalue weighted by molar-refractivity contribution is 0.410. The van der Waals surface area contributed by atoms with E-state index in [2.05, 4.69) is 44.6 Å². The molecule has 0 aromatic heterocycles. The molecule has 0 amide bonds.